The molecular formula is C14H19BrN2O3S. The van der Waals surface area contributed by atoms with E-state index in [1.54, 1.807) is 6.07 Å². The quantitative estimate of drug-likeness (QED) is 0.800. The van der Waals surface area contributed by atoms with E-state index in [1.807, 2.05) is 0 Å². The number of nitrogens with two attached hydrogens (primary N) is 1. The van der Waals surface area contributed by atoms with E-state index in [2.05, 4.69) is 28.2 Å². The molecule has 3 N–H and O–H groups in total. The minimum atomic E-state index is -3.86. The van der Waals surface area contributed by atoms with Crippen molar-refractivity contribution in [2.45, 2.75) is 37.5 Å². The summed E-state index contributed by atoms with van der Waals surface area (Å²) in [7, 11) is -3.86. The standard InChI is InChI=1S/C14H19BrN2O3S/c1-2-5-14(6-7-14)9-17-13(18)10-3-4-11(15)12(8-10)21(16,19)20/h3-4,8H,2,5-7,9H2,1H3,(H,17,18)(H2,16,19,20). The smallest absolute Gasteiger partial charge is 0.251 e. The van der Waals surface area contributed by atoms with Crippen LogP contribution >= 0.6 is 15.9 Å². The van der Waals surface area contributed by atoms with Crippen LogP contribution in [-0.4, -0.2) is 20.9 Å². The third-order valence-corrected chi connectivity index (χ3v) is 5.77. The lowest BCUT2D eigenvalue weighted by Crippen LogP contribution is -2.30. The van der Waals surface area contributed by atoms with Crippen molar-refractivity contribution in [1.82, 2.24) is 5.32 Å². The van der Waals surface area contributed by atoms with Gasteiger partial charge in [-0.2, -0.15) is 0 Å². The van der Waals surface area contributed by atoms with Gasteiger partial charge in [-0.1, -0.05) is 13.3 Å². The Hall–Kier alpha value is -0.920. The zero-order valence-corrected chi connectivity index (χ0v) is 14.3. The van der Waals surface area contributed by atoms with Gasteiger partial charge in [0.15, 0.2) is 0 Å². The summed E-state index contributed by atoms with van der Waals surface area (Å²) in [5, 5.41) is 8.02. The summed E-state index contributed by atoms with van der Waals surface area (Å²) in [5.41, 5.74) is 0.553. The number of nitrogens with one attached hydrogen (secondary N) is 1. The molecule has 2 rings (SSSR count). The first kappa shape index (κ1) is 16.5. The van der Waals surface area contributed by atoms with Gasteiger partial charge in [-0.15, -0.1) is 0 Å². The van der Waals surface area contributed by atoms with Crippen LogP contribution in [0.15, 0.2) is 27.6 Å². The maximum atomic E-state index is 12.2. The highest BCUT2D eigenvalue weighted by Gasteiger charge is 2.41. The first-order valence-corrected chi connectivity index (χ1v) is 9.22. The summed E-state index contributed by atoms with van der Waals surface area (Å²) in [4.78, 5) is 12.1. The first-order valence-electron chi connectivity index (χ1n) is 6.88. The van der Waals surface area contributed by atoms with Gasteiger partial charge >= 0.3 is 0 Å². The summed E-state index contributed by atoms with van der Waals surface area (Å²) < 4.78 is 23.3. The lowest BCUT2D eigenvalue weighted by Gasteiger charge is -2.15. The minimum Gasteiger partial charge on any atom is -0.351 e. The van der Waals surface area contributed by atoms with Gasteiger partial charge < -0.3 is 5.32 Å². The van der Waals surface area contributed by atoms with Gasteiger partial charge in [-0.25, -0.2) is 13.6 Å². The average Bonchev–Trinajstić information content (AvgIpc) is 3.16. The van der Waals surface area contributed by atoms with Crippen LogP contribution in [0.1, 0.15) is 43.0 Å². The molecule has 1 saturated carbocycles. The van der Waals surface area contributed by atoms with E-state index in [0.29, 0.717) is 16.6 Å². The monoisotopic (exact) mass is 374 g/mol. The molecule has 1 fully saturated rings. The van der Waals surface area contributed by atoms with Crippen LogP contribution < -0.4 is 10.5 Å². The van der Waals surface area contributed by atoms with E-state index >= 15 is 0 Å². The molecule has 116 valence electrons. The molecule has 0 bridgehead atoms. The highest BCUT2D eigenvalue weighted by Crippen LogP contribution is 2.48. The number of sulfonamides is 1. The highest BCUT2D eigenvalue weighted by atomic mass is 79.9. The van der Waals surface area contributed by atoms with E-state index < -0.39 is 10.0 Å². The summed E-state index contributed by atoms with van der Waals surface area (Å²) >= 11 is 3.13. The van der Waals surface area contributed by atoms with Crippen molar-refractivity contribution in [1.29, 1.82) is 0 Å². The van der Waals surface area contributed by atoms with Crippen LogP contribution in [0.3, 0.4) is 0 Å². The molecule has 1 aromatic carbocycles. The summed E-state index contributed by atoms with van der Waals surface area (Å²) in [5.74, 6) is -0.269. The number of primary sulfonamides is 1. The van der Waals surface area contributed by atoms with Gasteiger partial charge in [-0.3, -0.25) is 4.79 Å². The SMILES string of the molecule is CCCC1(CNC(=O)c2ccc(Br)c(S(N)(=O)=O)c2)CC1. The summed E-state index contributed by atoms with van der Waals surface area (Å²) in [6.45, 7) is 2.77. The number of carbonyl (C=O) groups excluding carboxylic acids is 1. The van der Waals surface area contributed by atoms with Gasteiger partial charge in [0.25, 0.3) is 5.91 Å². The molecule has 0 aromatic heterocycles. The summed E-state index contributed by atoms with van der Waals surface area (Å²) in [6, 6.07) is 4.40. The van der Waals surface area contributed by atoms with Crippen LogP contribution in [0.4, 0.5) is 0 Å². The van der Waals surface area contributed by atoms with Crippen LogP contribution in [-0.2, 0) is 10.0 Å². The van der Waals surface area contributed by atoms with Crippen LogP contribution in [0.25, 0.3) is 0 Å². The number of amides is 1. The molecule has 0 saturated heterocycles. The second kappa shape index (κ2) is 6.06. The maximum Gasteiger partial charge on any atom is 0.251 e. The molecule has 0 atom stereocenters. The second-order valence-corrected chi connectivity index (χ2v) is 8.01. The van der Waals surface area contributed by atoms with E-state index in [9.17, 15) is 13.2 Å². The zero-order chi connectivity index (χ0) is 15.7. The van der Waals surface area contributed by atoms with Gasteiger partial charge in [0.1, 0.15) is 0 Å². The Morgan fingerprint density at radius 2 is 2.10 bits per heavy atom. The van der Waals surface area contributed by atoms with Crippen LogP contribution in [0.2, 0.25) is 0 Å². The largest absolute Gasteiger partial charge is 0.351 e. The number of benzene rings is 1. The first-order chi connectivity index (χ1) is 9.77. The lowest BCUT2D eigenvalue weighted by atomic mass is 10.0. The fraction of sp³-hybridized carbons (Fsp3) is 0.500. The van der Waals surface area contributed by atoms with Crippen molar-refractivity contribution in [3.63, 3.8) is 0 Å². The molecule has 0 unspecified atom stereocenters. The Kier molecular flexibility index (Phi) is 4.75. The average molecular weight is 375 g/mol. The predicted octanol–water partition coefficient (Wildman–Crippen LogP) is 2.41. The second-order valence-electron chi connectivity index (χ2n) is 5.62. The van der Waals surface area contributed by atoms with E-state index in [-0.39, 0.29) is 16.2 Å². The number of hydrogen-bond acceptors (Lipinski definition) is 3. The number of hydrogen-bond donors (Lipinski definition) is 2. The minimum absolute atomic E-state index is 0.0788. The highest BCUT2D eigenvalue weighted by molar-refractivity contribution is 9.10. The molecule has 0 heterocycles. The molecular weight excluding hydrogens is 356 g/mol. The van der Waals surface area contributed by atoms with Crippen molar-refractivity contribution < 1.29 is 13.2 Å². The number of carbonyl (C=O) groups is 1. The number of halogens is 1. The van der Waals surface area contributed by atoms with Crippen LogP contribution in [0, 0.1) is 5.41 Å². The van der Waals surface area contributed by atoms with Gasteiger partial charge in [0.2, 0.25) is 10.0 Å². The van der Waals surface area contributed by atoms with E-state index in [1.165, 1.54) is 12.1 Å². The van der Waals surface area contributed by atoms with Crippen LogP contribution in [0.5, 0.6) is 0 Å². The Balaban J connectivity index is 2.10. The van der Waals surface area contributed by atoms with E-state index in [4.69, 9.17) is 5.14 Å². The summed E-state index contributed by atoms with van der Waals surface area (Å²) in [6.07, 6.45) is 4.49. The third-order valence-electron chi connectivity index (χ3n) is 3.86. The Bertz CT molecular complexity index is 654. The molecule has 7 heteroatoms. The normalized spacial score (nSPS) is 16.5. The Morgan fingerprint density at radius 3 is 2.62 bits per heavy atom. The molecule has 1 amide bonds. The van der Waals surface area contributed by atoms with Gasteiger partial charge in [-0.05, 0) is 58.8 Å². The van der Waals surface area contributed by atoms with Crippen molar-refractivity contribution in [3.8, 4) is 0 Å². The van der Waals surface area contributed by atoms with E-state index in [0.717, 1.165) is 25.7 Å². The number of rotatable bonds is 6. The van der Waals surface area contributed by atoms with Crippen molar-refractivity contribution in [3.05, 3.63) is 28.2 Å². The molecule has 0 aliphatic heterocycles. The Morgan fingerprint density at radius 1 is 1.43 bits per heavy atom. The molecule has 5 nitrogen and oxygen atoms in total. The maximum absolute atomic E-state index is 12.2. The molecule has 1 aliphatic carbocycles. The molecule has 1 aromatic rings. The topological polar surface area (TPSA) is 89.3 Å². The van der Waals surface area contributed by atoms with Crippen molar-refractivity contribution in [2.75, 3.05) is 6.54 Å². The fourth-order valence-electron chi connectivity index (χ4n) is 2.45. The molecule has 0 spiro atoms. The fourth-order valence-corrected chi connectivity index (χ4v) is 4.01. The predicted molar refractivity (Wildman–Crippen MR) is 84.4 cm³/mol. The third kappa shape index (κ3) is 4.05. The van der Waals surface area contributed by atoms with Gasteiger partial charge in [0.05, 0.1) is 4.90 Å². The lowest BCUT2D eigenvalue weighted by molar-refractivity contribution is 0.0943. The zero-order valence-electron chi connectivity index (χ0n) is 11.9. The van der Waals surface area contributed by atoms with Gasteiger partial charge in [0, 0.05) is 16.6 Å². The Labute approximate surface area is 133 Å². The van der Waals surface area contributed by atoms with Crippen molar-refractivity contribution in [2.24, 2.45) is 10.6 Å². The molecule has 0 radical (unpaired) electrons. The molecule has 21 heavy (non-hydrogen) atoms. The van der Waals surface area contributed by atoms with Crippen molar-refractivity contribution >= 4 is 31.9 Å². The molecule has 1 aliphatic rings.